The van der Waals surface area contributed by atoms with Crippen LogP contribution in [0.15, 0.2) is 70.6 Å². The smallest absolute Gasteiger partial charge is 0.240 e. The van der Waals surface area contributed by atoms with Crippen molar-refractivity contribution in [1.29, 1.82) is 0 Å². The van der Waals surface area contributed by atoms with Crippen molar-refractivity contribution < 1.29 is 8.42 Å². The molecule has 0 radical (unpaired) electrons. The fraction of sp³-hybridized carbons (Fsp3) is 0.167. The van der Waals surface area contributed by atoms with Gasteiger partial charge in [0.1, 0.15) is 0 Å². The van der Waals surface area contributed by atoms with Crippen LogP contribution in [-0.2, 0) is 10.0 Å². The van der Waals surface area contributed by atoms with E-state index in [9.17, 15) is 8.42 Å². The third-order valence-corrected chi connectivity index (χ3v) is 5.99. The minimum absolute atomic E-state index is 0.287. The number of aryl methyl sites for hydroxylation is 1. The molecule has 124 valence electrons. The van der Waals surface area contributed by atoms with Crippen molar-refractivity contribution in [2.45, 2.75) is 16.8 Å². The van der Waals surface area contributed by atoms with Crippen molar-refractivity contribution in [1.82, 2.24) is 9.71 Å². The van der Waals surface area contributed by atoms with Gasteiger partial charge in [0.2, 0.25) is 10.0 Å². The average molecular weight is 358 g/mol. The molecule has 1 aromatic heterocycles. The molecule has 1 heterocycles. The van der Waals surface area contributed by atoms with Gasteiger partial charge in [-0.15, -0.1) is 11.8 Å². The van der Waals surface area contributed by atoms with E-state index in [-0.39, 0.29) is 4.90 Å². The van der Waals surface area contributed by atoms with Crippen molar-refractivity contribution in [3.63, 3.8) is 0 Å². The molecule has 3 aromatic rings. The Morgan fingerprint density at radius 2 is 1.75 bits per heavy atom. The van der Waals surface area contributed by atoms with Gasteiger partial charge in [-0.1, -0.05) is 36.4 Å². The van der Waals surface area contributed by atoms with E-state index >= 15 is 0 Å². The molecule has 0 bridgehead atoms. The highest BCUT2D eigenvalue weighted by molar-refractivity contribution is 7.99. The van der Waals surface area contributed by atoms with Gasteiger partial charge in [-0.2, -0.15) is 0 Å². The molecular formula is C18H18N2O2S2. The van der Waals surface area contributed by atoms with Gasteiger partial charge in [0, 0.05) is 17.7 Å². The molecule has 0 aliphatic rings. The zero-order valence-corrected chi connectivity index (χ0v) is 14.9. The Morgan fingerprint density at radius 1 is 1.04 bits per heavy atom. The lowest BCUT2D eigenvalue weighted by Crippen LogP contribution is -2.25. The van der Waals surface area contributed by atoms with Crippen molar-refractivity contribution >= 4 is 32.7 Å². The number of nitrogens with one attached hydrogen (secondary N) is 1. The second-order valence-corrected chi connectivity index (χ2v) is 8.24. The molecule has 0 unspecified atom stereocenters. The van der Waals surface area contributed by atoms with Crippen molar-refractivity contribution in [2.75, 3.05) is 12.3 Å². The fourth-order valence-electron chi connectivity index (χ4n) is 2.41. The molecule has 0 amide bonds. The van der Waals surface area contributed by atoms with Crippen LogP contribution >= 0.6 is 11.8 Å². The lowest BCUT2D eigenvalue weighted by molar-refractivity contribution is 0.584. The number of hydrogen-bond acceptors (Lipinski definition) is 4. The number of fused-ring (bicyclic) bond motifs is 1. The molecule has 0 saturated heterocycles. The van der Waals surface area contributed by atoms with Gasteiger partial charge in [-0.3, -0.25) is 0 Å². The van der Waals surface area contributed by atoms with Gasteiger partial charge in [-0.05, 0) is 36.8 Å². The molecule has 24 heavy (non-hydrogen) atoms. The number of benzene rings is 2. The number of sulfonamides is 1. The third-order valence-electron chi connectivity index (χ3n) is 3.60. The highest BCUT2D eigenvalue weighted by Crippen LogP contribution is 2.23. The molecule has 6 heteroatoms. The van der Waals surface area contributed by atoms with Gasteiger partial charge >= 0.3 is 0 Å². The Hall–Kier alpha value is -1.89. The topological polar surface area (TPSA) is 59.1 Å². The molecule has 4 nitrogen and oxygen atoms in total. The van der Waals surface area contributed by atoms with Crippen LogP contribution in [-0.4, -0.2) is 25.7 Å². The number of nitrogens with zero attached hydrogens (tertiary/aromatic N) is 1. The van der Waals surface area contributed by atoms with E-state index in [1.807, 2.05) is 24.3 Å². The summed E-state index contributed by atoms with van der Waals surface area (Å²) in [4.78, 5) is 4.90. The third kappa shape index (κ3) is 3.95. The molecule has 0 spiro atoms. The molecule has 0 aliphatic heterocycles. The first-order valence-corrected chi connectivity index (χ1v) is 10.1. The Kier molecular flexibility index (Phi) is 5.18. The molecule has 0 atom stereocenters. The molecular weight excluding hydrogens is 340 g/mol. The Balaban J connectivity index is 1.61. The minimum atomic E-state index is -3.44. The summed E-state index contributed by atoms with van der Waals surface area (Å²) in [6.07, 6.45) is 0. The number of pyridine rings is 1. The van der Waals surface area contributed by atoms with E-state index in [0.29, 0.717) is 12.3 Å². The summed E-state index contributed by atoms with van der Waals surface area (Å²) in [5.41, 5.74) is 2.14. The van der Waals surface area contributed by atoms with Crippen molar-refractivity contribution in [2.24, 2.45) is 0 Å². The largest absolute Gasteiger partial charge is 0.241 e. The van der Waals surface area contributed by atoms with Gasteiger partial charge in [0.25, 0.3) is 0 Å². The summed E-state index contributed by atoms with van der Waals surface area (Å²) in [5, 5.41) is 2.05. The first kappa shape index (κ1) is 17.0. The van der Waals surface area contributed by atoms with E-state index in [0.717, 1.165) is 15.9 Å². The fourth-order valence-corrected chi connectivity index (χ4v) is 4.43. The zero-order chi connectivity index (χ0) is 17.0. The molecule has 0 fully saturated rings. The van der Waals surface area contributed by atoms with E-state index in [1.54, 1.807) is 42.1 Å². The molecule has 0 aliphatic carbocycles. The number of hydrogen-bond donors (Lipinski definition) is 1. The molecule has 3 rings (SSSR count). The summed E-state index contributed by atoms with van der Waals surface area (Å²) >= 11 is 1.55. The van der Waals surface area contributed by atoms with Crippen LogP contribution in [0.2, 0.25) is 0 Å². The standard InChI is InChI=1S/C18H18N2O2S2/c1-14-13-18(20-17-10-6-5-9-16(14)17)23-12-11-19-24(21,22)15-7-3-2-4-8-15/h2-10,13,19H,11-12H2,1H3. The predicted octanol–water partition coefficient (Wildman–Crippen LogP) is 3.61. The predicted molar refractivity (Wildman–Crippen MR) is 98.8 cm³/mol. The first-order valence-electron chi connectivity index (χ1n) is 7.60. The van der Waals surface area contributed by atoms with Crippen LogP contribution in [0.1, 0.15) is 5.56 Å². The average Bonchev–Trinajstić information content (AvgIpc) is 2.60. The molecule has 1 N–H and O–H groups in total. The van der Waals surface area contributed by atoms with E-state index in [4.69, 9.17) is 0 Å². The summed E-state index contributed by atoms with van der Waals surface area (Å²) in [6, 6.07) is 18.5. The monoisotopic (exact) mass is 358 g/mol. The minimum Gasteiger partial charge on any atom is -0.241 e. The number of thioether (sulfide) groups is 1. The normalized spacial score (nSPS) is 11.7. The number of rotatable bonds is 6. The molecule has 0 saturated carbocycles. The zero-order valence-electron chi connectivity index (χ0n) is 13.3. The van der Waals surface area contributed by atoms with Crippen LogP contribution in [0.4, 0.5) is 0 Å². The number of aromatic nitrogens is 1. The Labute approximate surface area is 146 Å². The first-order chi connectivity index (χ1) is 11.6. The SMILES string of the molecule is Cc1cc(SCCNS(=O)(=O)c2ccccc2)nc2ccccc12. The second-order valence-electron chi connectivity index (χ2n) is 5.35. The Morgan fingerprint density at radius 3 is 2.54 bits per heavy atom. The van der Waals surface area contributed by atoms with Crippen molar-refractivity contribution in [3.05, 3.63) is 66.2 Å². The van der Waals surface area contributed by atoms with Gasteiger partial charge < -0.3 is 0 Å². The Bertz CT molecular complexity index is 942. The summed E-state index contributed by atoms with van der Waals surface area (Å²) in [6.45, 7) is 2.42. The summed E-state index contributed by atoms with van der Waals surface area (Å²) in [5.74, 6) is 0.622. The highest BCUT2D eigenvalue weighted by Gasteiger charge is 2.12. The maximum Gasteiger partial charge on any atom is 0.240 e. The summed E-state index contributed by atoms with van der Waals surface area (Å²) < 4.78 is 26.9. The number of para-hydroxylation sites is 1. The maximum absolute atomic E-state index is 12.1. The lowest BCUT2D eigenvalue weighted by Gasteiger charge is -2.08. The van der Waals surface area contributed by atoms with Gasteiger partial charge in [-0.25, -0.2) is 18.1 Å². The van der Waals surface area contributed by atoms with E-state index < -0.39 is 10.0 Å². The van der Waals surface area contributed by atoms with Crippen LogP contribution in [0.3, 0.4) is 0 Å². The highest BCUT2D eigenvalue weighted by atomic mass is 32.2. The maximum atomic E-state index is 12.1. The lowest BCUT2D eigenvalue weighted by atomic mass is 10.1. The second kappa shape index (κ2) is 7.34. The van der Waals surface area contributed by atoms with Gasteiger partial charge in [0.15, 0.2) is 0 Å². The van der Waals surface area contributed by atoms with Crippen LogP contribution in [0, 0.1) is 6.92 Å². The quantitative estimate of drug-likeness (QED) is 0.540. The van der Waals surface area contributed by atoms with Gasteiger partial charge in [0.05, 0.1) is 15.4 Å². The molecule has 2 aromatic carbocycles. The van der Waals surface area contributed by atoms with E-state index in [2.05, 4.69) is 22.7 Å². The van der Waals surface area contributed by atoms with Crippen molar-refractivity contribution in [3.8, 4) is 0 Å². The van der Waals surface area contributed by atoms with E-state index in [1.165, 1.54) is 5.56 Å². The van der Waals surface area contributed by atoms with Crippen LogP contribution in [0.5, 0.6) is 0 Å². The van der Waals surface area contributed by atoms with Crippen LogP contribution in [0.25, 0.3) is 10.9 Å². The summed E-state index contributed by atoms with van der Waals surface area (Å²) in [7, 11) is -3.44. The van der Waals surface area contributed by atoms with Crippen LogP contribution < -0.4 is 4.72 Å².